The lowest BCUT2D eigenvalue weighted by atomic mass is 9.67. The van der Waals surface area contributed by atoms with Crippen LogP contribution >= 0.6 is 0 Å². The van der Waals surface area contributed by atoms with Gasteiger partial charge < -0.3 is 0 Å². The summed E-state index contributed by atoms with van der Waals surface area (Å²) in [4.78, 5) is 0. The summed E-state index contributed by atoms with van der Waals surface area (Å²) in [5.74, 6) is 4.17. The summed E-state index contributed by atoms with van der Waals surface area (Å²) in [7, 11) is 0. The molecule has 0 spiro atoms. The zero-order valence-electron chi connectivity index (χ0n) is 8.93. The van der Waals surface area contributed by atoms with E-state index in [2.05, 4.69) is 27.7 Å². The molecule has 0 radical (unpaired) electrons. The van der Waals surface area contributed by atoms with Crippen molar-refractivity contribution in [3.63, 3.8) is 0 Å². The summed E-state index contributed by atoms with van der Waals surface area (Å²) in [6.45, 7) is 9.76. The lowest BCUT2D eigenvalue weighted by molar-refractivity contribution is 0.106. The number of rotatable bonds is 0. The molecular formula is C12H22. The third-order valence-corrected chi connectivity index (χ3v) is 4.33. The van der Waals surface area contributed by atoms with Gasteiger partial charge in [-0.15, -0.1) is 0 Å². The molecule has 0 saturated heterocycles. The van der Waals surface area contributed by atoms with E-state index in [0.29, 0.717) is 5.41 Å². The average molecular weight is 166 g/mol. The first-order chi connectivity index (χ1) is 5.50. The van der Waals surface area contributed by atoms with Gasteiger partial charge in [-0.1, -0.05) is 27.7 Å². The molecule has 0 aromatic rings. The Balaban J connectivity index is 2.17. The Kier molecular flexibility index (Phi) is 1.79. The van der Waals surface area contributed by atoms with E-state index >= 15 is 0 Å². The minimum atomic E-state index is 0.555. The van der Waals surface area contributed by atoms with E-state index in [4.69, 9.17) is 0 Å². The molecule has 2 bridgehead atoms. The minimum Gasteiger partial charge on any atom is -0.0619 e. The van der Waals surface area contributed by atoms with E-state index in [9.17, 15) is 0 Å². The van der Waals surface area contributed by atoms with Crippen LogP contribution in [0.1, 0.15) is 47.0 Å². The second-order valence-corrected chi connectivity index (χ2v) is 6.08. The molecule has 4 unspecified atom stereocenters. The normalized spacial score (nSPS) is 47.0. The van der Waals surface area contributed by atoms with Crippen molar-refractivity contribution in [2.24, 2.45) is 29.1 Å². The van der Waals surface area contributed by atoms with Crippen LogP contribution in [-0.4, -0.2) is 0 Å². The molecule has 0 aromatic heterocycles. The van der Waals surface area contributed by atoms with E-state index in [1.54, 1.807) is 6.42 Å². The monoisotopic (exact) mass is 166 g/mol. The highest BCUT2D eigenvalue weighted by molar-refractivity contribution is 4.98. The van der Waals surface area contributed by atoms with E-state index < -0.39 is 0 Å². The fourth-order valence-electron chi connectivity index (χ4n) is 4.07. The lowest BCUT2D eigenvalue weighted by Crippen LogP contribution is -2.31. The second-order valence-electron chi connectivity index (χ2n) is 6.08. The minimum absolute atomic E-state index is 0.555. The number of hydrogen-bond donors (Lipinski definition) is 0. The summed E-state index contributed by atoms with van der Waals surface area (Å²) < 4.78 is 0. The fraction of sp³-hybridized carbons (Fsp3) is 1.00. The first-order valence-electron chi connectivity index (χ1n) is 5.50. The van der Waals surface area contributed by atoms with Crippen LogP contribution in [0.3, 0.4) is 0 Å². The van der Waals surface area contributed by atoms with Gasteiger partial charge in [0.1, 0.15) is 0 Å². The molecule has 2 aliphatic rings. The highest BCUT2D eigenvalue weighted by Gasteiger charge is 2.49. The van der Waals surface area contributed by atoms with Crippen molar-refractivity contribution in [3.8, 4) is 0 Å². The van der Waals surface area contributed by atoms with E-state index in [1.807, 2.05) is 0 Å². The van der Waals surface area contributed by atoms with Gasteiger partial charge in [0.05, 0.1) is 0 Å². The lowest BCUT2D eigenvalue weighted by Gasteiger charge is -2.38. The van der Waals surface area contributed by atoms with Crippen LogP contribution in [0, 0.1) is 29.1 Å². The van der Waals surface area contributed by atoms with Gasteiger partial charge in [0.25, 0.3) is 0 Å². The Hall–Kier alpha value is 0. The first-order valence-corrected chi connectivity index (χ1v) is 5.50. The highest BCUT2D eigenvalue weighted by Crippen LogP contribution is 2.57. The smallest absolute Gasteiger partial charge is 0.0308 e. The Morgan fingerprint density at radius 1 is 1.00 bits per heavy atom. The summed E-state index contributed by atoms with van der Waals surface area (Å²) in [6.07, 6.45) is 4.60. The van der Waals surface area contributed by atoms with Crippen molar-refractivity contribution in [2.75, 3.05) is 0 Å². The Morgan fingerprint density at radius 3 is 1.92 bits per heavy atom. The van der Waals surface area contributed by atoms with Crippen molar-refractivity contribution in [1.29, 1.82) is 0 Å². The van der Waals surface area contributed by atoms with Crippen molar-refractivity contribution in [3.05, 3.63) is 0 Å². The Morgan fingerprint density at radius 2 is 1.58 bits per heavy atom. The molecule has 0 aliphatic heterocycles. The molecule has 0 N–H and O–H groups in total. The molecule has 2 fully saturated rings. The molecule has 2 saturated carbocycles. The molecule has 0 heterocycles. The third kappa shape index (κ3) is 1.11. The molecule has 0 aromatic carbocycles. The van der Waals surface area contributed by atoms with Crippen molar-refractivity contribution < 1.29 is 0 Å². The predicted molar refractivity (Wildman–Crippen MR) is 52.9 cm³/mol. The number of fused-ring (bicyclic) bond motifs is 2. The van der Waals surface area contributed by atoms with Crippen LogP contribution in [0.15, 0.2) is 0 Å². The zero-order chi connectivity index (χ0) is 8.93. The van der Waals surface area contributed by atoms with Gasteiger partial charge >= 0.3 is 0 Å². The maximum atomic E-state index is 2.49. The van der Waals surface area contributed by atoms with Gasteiger partial charge in [-0.05, 0) is 48.3 Å². The van der Waals surface area contributed by atoms with E-state index in [-0.39, 0.29) is 0 Å². The quantitative estimate of drug-likeness (QED) is 0.514. The Bertz CT molecular complexity index is 173. The summed E-state index contributed by atoms with van der Waals surface area (Å²) in [6, 6.07) is 0. The molecule has 0 heteroatoms. The zero-order valence-corrected chi connectivity index (χ0v) is 8.93. The second kappa shape index (κ2) is 2.49. The molecule has 2 aliphatic carbocycles. The maximum absolute atomic E-state index is 2.49. The maximum Gasteiger partial charge on any atom is -0.0308 e. The predicted octanol–water partition coefficient (Wildman–Crippen LogP) is 3.71. The molecule has 12 heavy (non-hydrogen) atoms. The van der Waals surface area contributed by atoms with E-state index in [0.717, 1.165) is 23.7 Å². The van der Waals surface area contributed by atoms with Crippen molar-refractivity contribution >= 4 is 0 Å². The summed E-state index contributed by atoms with van der Waals surface area (Å²) in [5.41, 5.74) is 0.555. The molecule has 4 atom stereocenters. The van der Waals surface area contributed by atoms with E-state index in [1.165, 1.54) is 12.8 Å². The van der Waals surface area contributed by atoms with Crippen molar-refractivity contribution in [2.45, 2.75) is 47.0 Å². The van der Waals surface area contributed by atoms with Crippen LogP contribution < -0.4 is 0 Å². The first kappa shape index (κ1) is 8.59. The third-order valence-electron chi connectivity index (χ3n) is 4.33. The highest BCUT2D eigenvalue weighted by atomic mass is 14.5. The largest absolute Gasteiger partial charge is 0.0619 e. The molecular weight excluding hydrogens is 144 g/mol. The van der Waals surface area contributed by atoms with Gasteiger partial charge in [-0.25, -0.2) is 0 Å². The van der Waals surface area contributed by atoms with Crippen LogP contribution in [0.25, 0.3) is 0 Å². The van der Waals surface area contributed by atoms with Crippen LogP contribution in [-0.2, 0) is 0 Å². The van der Waals surface area contributed by atoms with Crippen LogP contribution in [0.2, 0.25) is 0 Å². The van der Waals surface area contributed by atoms with Gasteiger partial charge in [-0.2, -0.15) is 0 Å². The fourth-order valence-corrected chi connectivity index (χ4v) is 4.07. The van der Waals surface area contributed by atoms with Gasteiger partial charge in [0.2, 0.25) is 0 Å². The molecule has 2 rings (SSSR count). The summed E-state index contributed by atoms with van der Waals surface area (Å²) in [5, 5.41) is 0. The number of hydrogen-bond acceptors (Lipinski definition) is 0. The van der Waals surface area contributed by atoms with Gasteiger partial charge in [0.15, 0.2) is 0 Å². The van der Waals surface area contributed by atoms with Crippen LogP contribution in [0.4, 0.5) is 0 Å². The van der Waals surface area contributed by atoms with Crippen molar-refractivity contribution in [1.82, 2.24) is 0 Å². The SMILES string of the molecule is CC1C2CCC(C2)C1C(C)(C)C. The summed E-state index contributed by atoms with van der Waals surface area (Å²) >= 11 is 0. The molecule has 0 nitrogen and oxygen atoms in total. The molecule has 0 amide bonds. The standard InChI is InChI=1S/C12H22/c1-8-9-5-6-10(7-9)11(8)12(2,3)4/h8-11H,5-7H2,1-4H3. The topological polar surface area (TPSA) is 0 Å². The average Bonchev–Trinajstić information content (AvgIpc) is 2.42. The molecule has 70 valence electrons. The van der Waals surface area contributed by atoms with Crippen LogP contribution in [0.5, 0.6) is 0 Å². The van der Waals surface area contributed by atoms with Gasteiger partial charge in [-0.3, -0.25) is 0 Å². The van der Waals surface area contributed by atoms with Gasteiger partial charge in [0, 0.05) is 0 Å². The Labute approximate surface area is 76.7 Å².